The van der Waals surface area contributed by atoms with Gasteiger partial charge in [-0.05, 0) is 49.9 Å². The number of ether oxygens (including phenoxy) is 3. The largest absolute Gasteiger partial charge is 0.493 e. The summed E-state index contributed by atoms with van der Waals surface area (Å²) in [6.07, 6.45) is 1.62. The zero-order chi connectivity index (χ0) is 20.7. The predicted molar refractivity (Wildman–Crippen MR) is 114 cm³/mol. The summed E-state index contributed by atoms with van der Waals surface area (Å²) in [4.78, 5) is 6.82. The summed E-state index contributed by atoms with van der Waals surface area (Å²) in [5.74, 6) is 2.30. The first-order valence-electron chi connectivity index (χ1n) is 10.4. The molecule has 1 saturated heterocycles. The number of nitrogens with two attached hydrogens (primary N) is 1. The van der Waals surface area contributed by atoms with Gasteiger partial charge in [-0.3, -0.25) is 0 Å². The molecular weight excluding hydrogens is 382 g/mol. The molecule has 1 aromatic heterocycles. The van der Waals surface area contributed by atoms with Crippen LogP contribution >= 0.6 is 0 Å². The number of rotatable bonds is 4. The van der Waals surface area contributed by atoms with E-state index in [9.17, 15) is 0 Å². The standard InChI is InChI=1S/C23H27N3O4/c1-23(24,20-14-28-19-9-5-8-18(27-2)21(19)30-20)15-10-12-26(13-11-15)22-25-16-6-3-4-7-17(16)29-22/h3-9,15,20H,10-14,24H2,1-2H3. The third-order valence-electron chi connectivity index (χ3n) is 6.43. The van der Waals surface area contributed by atoms with Crippen molar-refractivity contribution in [1.82, 2.24) is 4.98 Å². The second-order valence-electron chi connectivity index (χ2n) is 8.30. The highest BCUT2D eigenvalue weighted by Gasteiger charge is 2.44. The highest BCUT2D eigenvalue weighted by atomic mass is 16.6. The van der Waals surface area contributed by atoms with E-state index in [1.54, 1.807) is 7.11 Å². The first-order chi connectivity index (χ1) is 14.6. The molecule has 3 aromatic rings. The molecule has 30 heavy (non-hydrogen) atoms. The summed E-state index contributed by atoms with van der Waals surface area (Å²) in [6, 6.07) is 14.2. The van der Waals surface area contributed by atoms with Gasteiger partial charge in [0, 0.05) is 13.1 Å². The maximum atomic E-state index is 6.86. The molecule has 0 aliphatic carbocycles. The zero-order valence-corrected chi connectivity index (χ0v) is 17.3. The molecule has 0 bridgehead atoms. The van der Waals surface area contributed by atoms with Crippen molar-refractivity contribution < 1.29 is 18.6 Å². The lowest BCUT2D eigenvalue weighted by molar-refractivity contribution is 0.00722. The molecule has 2 N–H and O–H groups in total. The molecule has 2 atom stereocenters. The van der Waals surface area contributed by atoms with Crippen molar-refractivity contribution in [2.45, 2.75) is 31.4 Å². The van der Waals surface area contributed by atoms with E-state index in [2.05, 4.69) is 16.8 Å². The molecule has 0 saturated carbocycles. The van der Waals surface area contributed by atoms with Crippen LogP contribution in [0, 0.1) is 5.92 Å². The Bertz CT molecular complexity index is 993. The Hall–Kier alpha value is -2.93. The average molecular weight is 409 g/mol. The van der Waals surface area contributed by atoms with Crippen LogP contribution in [0.5, 0.6) is 17.2 Å². The quantitative estimate of drug-likeness (QED) is 0.705. The summed E-state index contributed by atoms with van der Waals surface area (Å²) >= 11 is 0. The van der Waals surface area contributed by atoms with Gasteiger partial charge in [0.15, 0.2) is 23.2 Å². The van der Waals surface area contributed by atoms with Crippen LogP contribution < -0.4 is 24.8 Å². The van der Waals surface area contributed by atoms with Crippen LogP contribution in [0.25, 0.3) is 11.1 Å². The minimum Gasteiger partial charge on any atom is -0.493 e. The third kappa shape index (κ3) is 3.23. The lowest BCUT2D eigenvalue weighted by Gasteiger charge is -2.45. The molecule has 158 valence electrons. The fourth-order valence-corrected chi connectivity index (χ4v) is 4.49. The maximum absolute atomic E-state index is 6.86. The van der Waals surface area contributed by atoms with E-state index in [-0.39, 0.29) is 6.10 Å². The van der Waals surface area contributed by atoms with Gasteiger partial charge in [0.1, 0.15) is 12.1 Å². The molecule has 0 radical (unpaired) electrons. The van der Waals surface area contributed by atoms with Gasteiger partial charge in [0.2, 0.25) is 5.75 Å². The molecule has 2 unspecified atom stereocenters. The number of anilines is 1. The maximum Gasteiger partial charge on any atom is 0.298 e. The second-order valence-corrected chi connectivity index (χ2v) is 8.30. The highest BCUT2D eigenvalue weighted by molar-refractivity contribution is 5.74. The molecule has 0 amide bonds. The Morgan fingerprint density at radius 3 is 2.70 bits per heavy atom. The van der Waals surface area contributed by atoms with Crippen LogP contribution in [0.15, 0.2) is 46.9 Å². The molecule has 2 aliphatic heterocycles. The van der Waals surface area contributed by atoms with Crippen LogP contribution in [0.4, 0.5) is 6.01 Å². The number of hydrogen-bond donors (Lipinski definition) is 1. The van der Waals surface area contributed by atoms with Gasteiger partial charge < -0.3 is 29.3 Å². The Kier molecular flexibility index (Phi) is 4.70. The Balaban J connectivity index is 1.28. The van der Waals surface area contributed by atoms with E-state index < -0.39 is 5.54 Å². The van der Waals surface area contributed by atoms with E-state index in [1.807, 2.05) is 42.5 Å². The van der Waals surface area contributed by atoms with Crippen LogP contribution in [-0.2, 0) is 0 Å². The summed E-state index contributed by atoms with van der Waals surface area (Å²) in [6.45, 7) is 4.19. The summed E-state index contributed by atoms with van der Waals surface area (Å²) < 4.78 is 23.6. The van der Waals surface area contributed by atoms with E-state index in [4.69, 9.17) is 24.4 Å². The van der Waals surface area contributed by atoms with Crippen molar-refractivity contribution in [2.75, 3.05) is 31.7 Å². The smallest absolute Gasteiger partial charge is 0.298 e. The first kappa shape index (κ1) is 19.1. The second kappa shape index (κ2) is 7.40. The van der Waals surface area contributed by atoms with Crippen LogP contribution in [0.1, 0.15) is 19.8 Å². The fourth-order valence-electron chi connectivity index (χ4n) is 4.49. The van der Waals surface area contributed by atoms with Crippen molar-refractivity contribution in [3.05, 3.63) is 42.5 Å². The summed E-state index contributed by atoms with van der Waals surface area (Å²) in [5, 5.41) is 0. The Morgan fingerprint density at radius 2 is 1.93 bits per heavy atom. The van der Waals surface area contributed by atoms with Crippen molar-refractivity contribution in [3.63, 3.8) is 0 Å². The molecule has 5 rings (SSSR count). The molecule has 3 heterocycles. The Labute approximate surface area is 175 Å². The molecule has 0 spiro atoms. The van der Waals surface area contributed by atoms with Gasteiger partial charge in [-0.1, -0.05) is 18.2 Å². The highest BCUT2D eigenvalue weighted by Crippen LogP contribution is 2.43. The van der Waals surface area contributed by atoms with Gasteiger partial charge in [0.25, 0.3) is 6.01 Å². The van der Waals surface area contributed by atoms with Gasteiger partial charge in [0.05, 0.1) is 12.6 Å². The zero-order valence-electron chi connectivity index (χ0n) is 17.3. The monoisotopic (exact) mass is 409 g/mol. The van der Waals surface area contributed by atoms with E-state index in [0.717, 1.165) is 37.0 Å². The minimum atomic E-state index is -0.536. The number of benzene rings is 2. The molecule has 2 aliphatic rings. The van der Waals surface area contributed by atoms with Crippen LogP contribution in [0.3, 0.4) is 0 Å². The third-order valence-corrected chi connectivity index (χ3v) is 6.43. The first-order valence-corrected chi connectivity index (χ1v) is 10.4. The SMILES string of the molecule is COc1cccc2c1OC(C(C)(N)C1CCN(c3nc4ccccc4o3)CC1)CO2. The summed E-state index contributed by atoms with van der Waals surface area (Å²) in [7, 11) is 1.63. The topological polar surface area (TPSA) is 83.0 Å². The minimum absolute atomic E-state index is 0.248. The average Bonchev–Trinajstić information content (AvgIpc) is 3.22. The van der Waals surface area contributed by atoms with Crippen molar-refractivity contribution in [2.24, 2.45) is 11.7 Å². The molecule has 1 fully saturated rings. The number of fused-ring (bicyclic) bond motifs is 2. The van der Waals surface area contributed by atoms with Crippen molar-refractivity contribution >= 4 is 17.1 Å². The molecule has 7 heteroatoms. The number of piperidine rings is 1. The number of para-hydroxylation sites is 3. The van der Waals surface area contributed by atoms with Crippen LogP contribution in [0.2, 0.25) is 0 Å². The van der Waals surface area contributed by atoms with Gasteiger partial charge in [-0.15, -0.1) is 0 Å². The predicted octanol–water partition coefficient (Wildman–Crippen LogP) is 3.61. The number of methoxy groups -OCH3 is 1. The van der Waals surface area contributed by atoms with Crippen LogP contribution in [-0.4, -0.2) is 43.4 Å². The van der Waals surface area contributed by atoms with E-state index in [0.29, 0.717) is 35.8 Å². The molecule has 7 nitrogen and oxygen atoms in total. The molecule has 2 aromatic carbocycles. The lowest BCUT2D eigenvalue weighted by Crippen LogP contribution is -2.61. The fraction of sp³-hybridized carbons (Fsp3) is 0.435. The number of nitrogens with zero attached hydrogens (tertiary/aromatic N) is 2. The van der Waals surface area contributed by atoms with Crippen molar-refractivity contribution in [3.8, 4) is 17.2 Å². The number of oxazole rings is 1. The van der Waals surface area contributed by atoms with E-state index in [1.165, 1.54) is 0 Å². The van der Waals surface area contributed by atoms with Gasteiger partial charge >= 0.3 is 0 Å². The number of hydrogen-bond acceptors (Lipinski definition) is 7. The number of aromatic nitrogens is 1. The van der Waals surface area contributed by atoms with E-state index >= 15 is 0 Å². The normalized spacial score (nSPS) is 21.4. The van der Waals surface area contributed by atoms with Gasteiger partial charge in [-0.25, -0.2) is 0 Å². The van der Waals surface area contributed by atoms with Crippen molar-refractivity contribution in [1.29, 1.82) is 0 Å². The van der Waals surface area contributed by atoms with Gasteiger partial charge in [-0.2, -0.15) is 4.98 Å². The lowest BCUT2D eigenvalue weighted by atomic mass is 9.76. The Morgan fingerprint density at radius 1 is 1.13 bits per heavy atom. The summed E-state index contributed by atoms with van der Waals surface area (Å²) in [5.41, 5.74) is 8.03. The molecular formula is C23H27N3O4.